The topological polar surface area (TPSA) is 62.3 Å². The van der Waals surface area contributed by atoms with Gasteiger partial charge in [0.05, 0.1) is 27.2 Å². The summed E-state index contributed by atoms with van der Waals surface area (Å²) in [5.74, 6) is 0.373. The maximum Gasteiger partial charge on any atom is 0.180 e. The van der Waals surface area contributed by atoms with Gasteiger partial charge in [0.2, 0.25) is 0 Å². The molecule has 1 aliphatic rings. The van der Waals surface area contributed by atoms with Crippen molar-refractivity contribution in [2.75, 3.05) is 29.1 Å². The van der Waals surface area contributed by atoms with Crippen LogP contribution in [0.1, 0.15) is 18.1 Å². The SMILES string of the molecule is CCNc1cc(N2CCS(=O)(=O)c3ccccc3C2)nc2ccc(C)c(F)c12. The van der Waals surface area contributed by atoms with Crippen LogP contribution in [-0.4, -0.2) is 32.2 Å². The highest BCUT2D eigenvalue weighted by Gasteiger charge is 2.26. The van der Waals surface area contributed by atoms with Crippen molar-refractivity contribution in [2.45, 2.75) is 25.3 Å². The Kier molecular flexibility index (Phi) is 4.71. The van der Waals surface area contributed by atoms with E-state index in [0.717, 1.165) is 5.56 Å². The molecule has 2 heterocycles. The lowest BCUT2D eigenvalue weighted by molar-refractivity contribution is 0.596. The van der Waals surface area contributed by atoms with E-state index in [1.54, 1.807) is 31.2 Å². The third-order valence-corrected chi connectivity index (χ3v) is 6.87. The molecule has 7 heteroatoms. The molecule has 1 aromatic heterocycles. The maximum atomic E-state index is 14.7. The van der Waals surface area contributed by atoms with Crippen LogP contribution in [-0.2, 0) is 16.4 Å². The Morgan fingerprint density at radius 1 is 1.21 bits per heavy atom. The summed E-state index contributed by atoms with van der Waals surface area (Å²) in [5, 5.41) is 3.69. The summed E-state index contributed by atoms with van der Waals surface area (Å²) in [6.45, 7) is 5.09. The minimum atomic E-state index is -3.34. The van der Waals surface area contributed by atoms with E-state index < -0.39 is 9.84 Å². The molecule has 0 aliphatic carbocycles. The van der Waals surface area contributed by atoms with Crippen molar-refractivity contribution in [3.8, 4) is 0 Å². The van der Waals surface area contributed by atoms with Gasteiger partial charge in [0.25, 0.3) is 0 Å². The van der Waals surface area contributed by atoms with E-state index in [9.17, 15) is 12.8 Å². The van der Waals surface area contributed by atoms with Crippen molar-refractivity contribution in [3.05, 3.63) is 59.4 Å². The number of nitrogens with zero attached hydrogens (tertiary/aromatic N) is 2. The van der Waals surface area contributed by atoms with Crippen LogP contribution in [0.4, 0.5) is 15.9 Å². The van der Waals surface area contributed by atoms with E-state index in [1.165, 1.54) is 0 Å². The van der Waals surface area contributed by atoms with Crippen molar-refractivity contribution in [1.82, 2.24) is 4.98 Å². The molecule has 0 unspecified atom stereocenters. The molecule has 146 valence electrons. The number of nitrogens with one attached hydrogen (secondary N) is 1. The summed E-state index contributed by atoms with van der Waals surface area (Å²) in [5.41, 5.74) is 2.54. The Hall–Kier alpha value is -2.67. The quantitative estimate of drug-likeness (QED) is 0.724. The highest BCUT2D eigenvalue weighted by atomic mass is 32.2. The first-order chi connectivity index (χ1) is 13.4. The first kappa shape index (κ1) is 18.7. The Morgan fingerprint density at radius 3 is 2.79 bits per heavy atom. The third-order valence-electron chi connectivity index (χ3n) is 5.08. The average molecular weight is 399 g/mol. The second-order valence-electron chi connectivity index (χ2n) is 7.00. The van der Waals surface area contributed by atoms with Gasteiger partial charge in [0, 0.05) is 25.7 Å². The van der Waals surface area contributed by atoms with Crippen LogP contribution in [0.15, 0.2) is 47.4 Å². The number of pyridine rings is 1. The zero-order chi connectivity index (χ0) is 19.9. The molecule has 4 rings (SSSR count). The molecule has 0 spiro atoms. The molecule has 0 radical (unpaired) electrons. The van der Waals surface area contributed by atoms with Crippen LogP contribution < -0.4 is 10.2 Å². The summed E-state index contributed by atoms with van der Waals surface area (Å²) >= 11 is 0. The number of fused-ring (bicyclic) bond motifs is 2. The van der Waals surface area contributed by atoms with Crippen LogP contribution in [0.3, 0.4) is 0 Å². The summed E-state index contributed by atoms with van der Waals surface area (Å²) < 4.78 is 40.0. The molecular weight excluding hydrogens is 377 g/mol. The first-order valence-corrected chi connectivity index (χ1v) is 11.0. The molecule has 0 atom stereocenters. The first-order valence-electron chi connectivity index (χ1n) is 9.30. The Balaban J connectivity index is 1.85. The number of hydrogen-bond donors (Lipinski definition) is 1. The Labute approximate surface area is 164 Å². The van der Waals surface area contributed by atoms with Crippen LogP contribution in [0, 0.1) is 12.7 Å². The van der Waals surface area contributed by atoms with E-state index in [2.05, 4.69) is 10.3 Å². The standard InChI is InChI=1S/C21H22FN3O2S/c1-3-23-17-12-19(24-16-9-8-14(2)21(22)20(16)17)25-10-11-28(26,27)18-7-5-4-6-15(18)13-25/h4-9,12H,3,10-11,13H2,1-2H3,(H,23,24). The van der Waals surface area contributed by atoms with Crippen molar-refractivity contribution in [2.24, 2.45) is 0 Å². The average Bonchev–Trinajstić information content (AvgIpc) is 2.81. The molecule has 0 saturated heterocycles. The van der Waals surface area contributed by atoms with Gasteiger partial charge in [-0.1, -0.05) is 24.3 Å². The fourth-order valence-corrected chi connectivity index (χ4v) is 5.13. The van der Waals surface area contributed by atoms with Crippen molar-refractivity contribution in [1.29, 1.82) is 0 Å². The van der Waals surface area contributed by atoms with Gasteiger partial charge in [-0.15, -0.1) is 0 Å². The predicted molar refractivity (Wildman–Crippen MR) is 110 cm³/mol. The monoisotopic (exact) mass is 399 g/mol. The van der Waals surface area contributed by atoms with E-state index in [4.69, 9.17) is 0 Å². The summed E-state index contributed by atoms with van der Waals surface area (Å²) in [6.07, 6.45) is 0. The normalized spacial score (nSPS) is 15.9. The van der Waals surface area contributed by atoms with Gasteiger partial charge in [0.1, 0.15) is 11.6 Å². The fraction of sp³-hybridized carbons (Fsp3) is 0.286. The third kappa shape index (κ3) is 3.20. The van der Waals surface area contributed by atoms with Crippen LogP contribution >= 0.6 is 0 Å². The van der Waals surface area contributed by atoms with E-state index >= 15 is 0 Å². The highest BCUT2D eigenvalue weighted by molar-refractivity contribution is 7.91. The lowest BCUT2D eigenvalue weighted by atomic mass is 10.1. The lowest BCUT2D eigenvalue weighted by Crippen LogP contribution is -2.26. The minimum absolute atomic E-state index is 0.0164. The number of hydrogen-bond acceptors (Lipinski definition) is 5. The van der Waals surface area contributed by atoms with Gasteiger partial charge in [-0.05, 0) is 37.1 Å². The van der Waals surface area contributed by atoms with Crippen molar-refractivity contribution < 1.29 is 12.8 Å². The Morgan fingerprint density at radius 2 is 2.00 bits per heavy atom. The van der Waals surface area contributed by atoms with Crippen molar-refractivity contribution >= 4 is 32.2 Å². The lowest BCUT2D eigenvalue weighted by Gasteiger charge is -2.23. The zero-order valence-electron chi connectivity index (χ0n) is 15.9. The number of aryl methyl sites for hydroxylation is 1. The molecule has 5 nitrogen and oxygen atoms in total. The number of halogens is 1. The van der Waals surface area contributed by atoms with Crippen LogP contribution in [0.2, 0.25) is 0 Å². The predicted octanol–water partition coefficient (Wildman–Crippen LogP) is 3.91. The molecule has 0 saturated carbocycles. The van der Waals surface area contributed by atoms with E-state index in [-0.39, 0.29) is 11.6 Å². The summed E-state index contributed by atoms with van der Waals surface area (Å²) in [7, 11) is -3.34. The second-order valence-corrected chi connectivity index (χ2v) is 9.07. The van der Waals surface area contributed by atoms with Crippen LogP contribution in [0.25, 0.3) is 10.9 Å². The minimum Gasteiger partial charge on any atom is -0.385 e. The van der Waals surface area contributed by atoms with Crippen molar-refractivity contribution in [3.63, 3.8) is 0 Å². The molecule has 0 amide bonds. The molecule has 2 aromatic carbocycles. The van der Waals surface area contributed by atoms with Crippen LogP contribution in [0.5, 0.6) is 0 Å². The van der Waals surface area contributed by atoms with Gasteiger partial charge in [-0.25, -0.2) is 17.8 Å². The van der Waals surface area contributed by atoms with E-state index in [0.29, 0.717) is 52.5 Å². The second kappa shape index (κ2) is 7.05. The molecule has 1 aliphatic heterocycles. The zero-order valence-corrected chi connectivity index (χ0v) is 16.7. The number of aromatic nitrogens is 1. The smallest absolute Gasteiger partial charge is 0.180 e. The van der Waals surface area contributed by atoms with Gasteiger partial charge in [-0.2, -0.15) is 0 Å². The maximum absolute atomic E-state index is 14.7. The van der Waals surface area contributed by atoms with Gasteiger partial charge >= 0.3 is 0 Å². The summed E-state index contributed by atoms with van der Waals surface area (Å²) in [6, 6.07) is 12.4. The molecule has 28 heavy (non-hydrogen) atoms. The van der Waals surface area contributed by atoms with Gasteiger partial charge < -0.3 is 10.2 Å². The number of anilines is 2. The molecular formula is C21H22FN3O2S. The molecule has 1 N–H and O–H groups in total. The molecule has 0 fully saturated rings. The van der Waals surface area contributed by atoms with Gasteiger partial charge in [-0.3, -0.25) is 0 Å². The van der Waals surface area contributed by atoms with E-state index in [1.807, 2.05) is 30.0 Å². The summed E-state index contributed by atoms with van der Waals surface area (Å²) in [4.78, 5) is 6.98. The fourth-order valence-electron chi connectivity index (χ4n) is 3.63. The molecule has 3 aromatic rings. The number of sulfone groups is 1. The number of benzene rings is 2. The highest BCUT2D eigenvalue weighted by Crippen LogP contribution is 2.32. The largest absolute Gasteiger partial charge is 0.385 e. The number of rotatable bonds is 3. The Bertz CT molecular complexity index is 1160. The van der Waals surface area contributed by atoms with Gasteiger partial charge in [0.15, 0.2) is 9.84 Å². The molecule has 0 bridgehead atoms.